The molecule has 0 fully saturated rings. The molecule has 0 aliphatic rings. The number of nitrogens with zero attached hydrogens (tertiary/aromatic N) is 2. The summed E-state index contributed by atoms with van der Waals surface area (Å²) < 4.78 is 33.2. The molecule has 0 bridgehead atoms. The first-order valence-corrected chi connectivity index (χ1v) is 7.20. The molecule has 2 rings (SSSR count). The summed E-state index contributed by atoms with van der Waals surface area (Å²) in [7, 11) is -3.66. The summed E-state index contributed by atoms with van der Waals surface area (Å²) in [6, 6.07) is 2.92. The Balaban J connectivity index is 2.13. The Bertz CT molecular complexity index is 618. The van der Waals surface area contributed by atoms with Crippen LogP contribution >= 0.6 is 0 Å². The van der Waals surface area contributed by atoms with Crippen LogP contribution in [0.5, 0.6) is 0 Å². The minimum absolute atomic E-state index is 0.0550. The Morgan fingerprint density at radius 1 is 1.58 bits per heavy atom. The smallest absolute Gasteiger partial charge is 0.244 e. The van der Waals surface area contributed by atoms with Gasteiger partial charge in [0.2, 0.25) is 10.0 Å². The lowest BCUT2D eigenvalue weighted by molar-refractivity contribution is 0.269. The summed E-state index contributed by atoms with van der Waals surface area (Å²) in [6.45, 7) is 1.84. The largest absolute Gasteiger partial charge is 0.468 e. The second-order valence-corrected chi connectivity index (χ2v) is 5.74. The molecule has 0 saturated carbocycles. The van der Waals surface area contributed by atoms with E-state index in [1.807, 2.05) is 0 Å². The van der Waals surface area contributed by atoms with E-state index in [1.54, 1.807) is 19.1 Å². The first kappa shape index (κ1) is 13.8. The van der Waals surface area contributed by atoms with Gasteiger partial charge in [0.25, 0.3) is 0 Å². The van der Waals surface area contributed by atoms with Crippen LogP contribution in [0.25, 0.3) is 0 Å². The second kappa shape index (κ2) is 5.55. The van der Waals surface area contributed by atoms with Crippen LogP contribution in [0, 0.1) is 0 Å². The van der Waals surface area contributed by atoms with E-state index in [2.05, 4.69) is 9.82 Å². The van der Waals surface area contributed by atoms with Gasteiger partial charge in [0.15, 0.2) is 0 Å². The molecule has 1 unspecified atom stereocenters. The van der Waals surface area contributed by atoms with Crippen LogP contribution in [-0.4, -0.2) is 29.9 Å². The molecule has 2 heterocycles. The third kappa shape index (κ3) is 3.22. The zero-order valence-electron chi connectivity index (χ0n) is 10.4. The Kier molecular flexibility index (Phi) is 4.03. The summed E-state index contributed by atoms with van der Waals surface area (Å²) in [5.41, 5.74) is 0. The number of nitrogens with one attached hydrogen (secondary N) is 1. The third-order valence-electron chi connectivity index (χ3n) is 2.55. The van der Waals surface area contributed by atoms with E-state index in [0.29, 0.717) is 5.76 Å². The van der Waals surface area contributed by atoms with Crippen LogP contribution in [0.4, 0.5) is 0 Å². The number of aromatic nitrogens is 2. The molecule has 0 amide bonds. The molecule has 0 spiro atoms. The van der Waals surface area contributed by atoms with Gasteiger partial charge in [-0.2, -0.15) is 5.10 Å². The highest BCUT2D eigenvalue weighted by Gasteiger charge is 2.21. The van der Waals surface area contributed by atoms with Gasteiger partial charge in [-0.15, -0.1) is 0 Å². The maximum atomic E-state index is 12.1. The van der Waals surface area contributed by atoms with Crippen molar-refractivity contribution < 1.29 is 17.9 Å². The Hall–Kier alpha value is -1.64. The van der Waals surface area contributed by atoms with Crippen molar-refractivity contribution in [1.29, 1.82) is 0 Å². The van der Waals surface area contributed by atoms with E-state index < -0.39 is 16.1 Å². The molecule has 104 valence electrons. The second-order valence-electron chi connectivity index (χ2n) is 4.02. The Labute approximate surface area is 110 Å². The summed E-state index contributed by atoms with van der Waals surface area (Å²) in [5.74, 6) is 0.534. The molecule has 1 atom stereocenters. The molecular weight excluding hydrogens is 270 g/mol. The monoisotopic (exact) mass is 285 g/mol. The topological polar surface area (TPSA) is 97.4 Å². The van der Waals surface area contributed by atoms with E-state index in [4.69, 9.17) is 9.52 Å². The maximum Gasteiger partial charge on any atom is 0.244 e. The molecule has 0 aliphatic heterocycles. The van der Waals surface area contributed by atoms with Gasteiger partial charge in [-0.3, -0.25) is 4.68 Å². The van der Waals surface area contributed by atoms with Gasteiger partial charge >= 0.3 is 0 Å². The van der Waals surface area contributed by atoms with E-state index in [1.165, 1.54) is 23.3 Å². The number of sulfonamides is 1. The van der Waals surface area contributed by atoms with Crippen molar-refractivity contribution in [3.05, 3.63) is 36.5 Å². The van der Waals surface area contributed by atoms with E-state index in [-0.39, 0.29) is 18.0 Å². The van der Waals surface area contributed by atoms with Crippen molar-refractivity contribution in [2.75, 3.05) is 6.61 Å². The normalized spacial score (nSPS) is 13.6. The van der Waals surface area contributed by atoms with Crippen LogP contribution in [-0.2, 0) is 16.6 Å². The minimum Gasteiger partial charge on any atom is -0.468 e. The number of hydrogen-bond acceptors (Lipinski definition) is 5. The van der Waals surface area contributed by atoms with E-state index in [0.717, 1.165) is 0 Å². The molecule has 2 aromatic rings. The van der Waals surface area contributed by atoms with Crippen molar-refractivity contribution in [3.63, 3.8) is 0 Å². The van der Waals surface area contributed by atoms with Crippen molar-refractivity contribution in [2.45, 2.75) is 24.4 Å². The Morgan fingerprint density at radius 3 is 3.00 bits per heavy atom. The lowest BCUT2D eigenvalue weighted by atomic mass is 10.3. The van der Waals surface area contributed by atoms with Crippen molar-refractivity contribution in [1.82, 2.24) is 14.5 Å². The molecule has 0 radical (unpaired) electrons. The fourth-order valence-corrected chi connectivity index (χ4v) is 2.77. The van der Waals surface area contributed by atoms with Crippen LogP contribution in [0.15, 0.2) is 40.1 Å². The average molecular weight is 285 g/mol. The molecular formula is C11H15N3O4S. The third-order valence-corrected chi connectivity index (χ3v) is 4.05. The van der Waals surface area contributed by atoms with Crippen LogP contribution < -0.4 is 4.72 Å². The van der Waals surface area contributed by atoms with Crippen molar-refractivity contribution in [3.8, 4) is 0 Å². The molecule has 2 N–H and O–H groups in total. The summed E-state index contributed by atoms with van der Waals surface area (Å²) in [5, 5.41) is 12.6. The van der Waals surface area contributed by atoms with Crippen LogP contribution in [0.2, 0.25) is 0 Å². The van der Waals surface area contributed by atoms with Gasteiger partial charge < -0.3 is 9.52 Å². The van der Waals surface area contributed by atoms with Gasteiger partial charge in [-0.25, -0.2) is 13.1 Å². The number of hydrogen-bond donors (Lipinski definition) is 2. The van der Waals surface area contributed by atoms with Crippen LogP contribution in [0.1, 0.15) is 18.7 Å². The van der Waals surface area contributed by atoms with E-state index >= 15 is 0 Å². The molecule has 0 aliphatic carbocycles. The van der Waals surface area contributed by atoms with Crippen LogP contribution in [0.3, 0.4) is 0 Å². The lowest BCUT2D eigenvalue weighted by Gasteiger charge is -2.10. The first-order valence-electron chi connectivity index (χ1n) is 5.72. The average Bonchev–Trinajstić information content (AvgIpc) is 2.99. The first-order chi connectivity index (χ1) is 9.03. The van der Waals surface area contributed by atoms with E-state index in [9.17, 15) is 8.42 Å². The Morgan fingerprint density at radius 2 is 2.37 bits per heavy atom. The number of aliphatic hydroxyl groups excluding tert-OH is 1. The zero-order chi connectivity index (χ0) is 13.9. The molecule has 7 nitrogen and oxygen atoms in total. The fraction of sp³-hybridized carbons (Fsp3) is 0.364. The predicted octanol–water partition coefficient (Wildman–Crippen LogP) is 0.508. The van der Waals surface area contributed by atoms with Gasteiger partial charge in [-0.1, -0.05) is 0 Å². The highest BCUT2D eigenvalue weighted by molar-refractivity contribution is 7.89. The van der Waals surface area contributed by atoms with Gasteiger partial charge in [-0.05, 0) is 19.1 Å². The van der Waals surface area contributed by atoms with Crippen molar-refractivity contribution in [2.24, 2.45) is 0 Å². The number of aliphatic hydroxyl groups is 1. The van der Waals surface area contributed by atoms with Crippen molar-refractivity contribution >= 4 is 10.0 Å². The summed E-state index contributed by atoms with van der Waals surface area (Å²) >= 11 is 0. The molecule has 8 heteroatoms. The van der Waals surface area contributed by atoms with Gasteiger partial charge in [0, 0.05) is 6.20 Å². The molecule has 0 saturated heterocycles. The molecule has 0 aromatic carbocycles. The minimum atomic E-state index is -3.66. The highest BCUT2D eigenvalue weighted by Crippen LogP contribution is 2.16. The van der Waals surface area contributed by atoms with Gasteiger partial charge in [0.05, 0.1) is 31.7 Å². The number of rotatable bonds is 6. The number of furan rings is 1. The quantitative estimate of drug-likeness (QED) is 0.806. The predicted molar refractivity (Wildman–Crippen MR) is 66.8 cm³/mol. The maximum absolute atomic E-state index is 12.1. The summed E-state index contributed by atoms with van der Waals surface area (Å²) in [4.78, 5) is 0.0550. The molecule has 2 aromatic heterocycles. The lowest BCUT2D eigenvalue weighted by Crippen LogP contribution is -2.26. The fourth-order valence-electron chi connectivity index (χ4n) is 1.60. The standard InChI is InChI=1S/C11H15N3O4S/c1-9(11-3-2-6-18-11)13-19(16,17)10-7-12-14(8-10)4-5-15/h2-3,6-9,13,15H,4-5H2,1H3. The summed E-state index contributed by atoms with van der Waals surface area (Å²) in [6.07, 6.45) is 4.10. The SMILES string of the molecule is CC(NS(=O)(=O)c1cnn(CCO)c1)c1ccco1. The molecule has 19 heavy (non-hydrogen) atoms. The zero-order valence-corrected chi connectivity index (χ0v) is 11.2. The van der Waals surface area contributed by atoms with Gasteiger partial charge in [0.1, 0.15) is 10.7 Å². The highest BCUT2D eigenvalue weighted by atomic mass is 32.2.